The summed E-state index contributed by atoms with van der Waals surface area (Å²) in [5, 5.41) is 9.23. The Labute approximate surface area is 228 Å². The zero-order valence-electron chi connectivity index (χ0n) is 21.1. The molecule has 10 nitrogen and oxygen atoms in total. The van der Waals surface area contributed by atoms with Crippen LogP contribution < -0.4 is 15.2 Å². The molecular weight excluding hydrogens is 532 g/mol. The number of ether oxygens (including phenoxy) is 2. The number of carbonyl (C=O) groups is 1. The number of nitrogens with one attached hydrogen (secondary N) is 1. The van der Waals surface area contributed by atoms with Crippen molar-refractivity contribution in [2.24, 2.45) is 5.73 Å². The predicted octanol–water partition coefficient (Wildman–Crippen LogP) is 3.96. The highest BCUT2D eigenvalue weighted by atomic mass is 35.5. The largest absolute Gasteiger partial charge is 0.478 e. The fourth-order valence-corrected chi connectivity index (χ4v) is 4.89. The summed E-state index contributed by atoms with van der Waals surface area (Å²) in [6.07, 6.45) is 3.49. The summed E-state index contributed by atoms with van der Waals surface area (Å²) >= 11 is 0. The molecule has 0 bridgehead atoms. The summed E-state index contributed by atoms with van der Waals surface area (Å²) in [4.78, 5) is 19.8. The number of anilines is 1. The molecule has 204 valence electrons. The van der Waals surface area contributed by atoms with Gasteiger partial charge in [-0.05, 0) is 62.4 Å². The number of nitrogens with zero attached hydrogens (tertiary/aromatic N) is 2. The maximum absolute atomic E-state index is 13.1. The summed E-state index contributed by atoms with van der Waals surface area (Å²) in [5.74, 6) is -1.31. The number of nitrogens with two attached hydrogens (primary N) is 1. The highest BCUT2D eigenvalue weighted by molar-refractivity contribution is 7.92. The van der Waals surface area contributed by atoms with Crippen LogP contribution in [-0.2, 0) is 14.8 Å². The molecule has 4 N–H and O–H groups in total. The Morgan fingerprint density at radius 3 is 2.42 bits per heavy atom. The summed E-state index contributed by atoms with van der Waals surface area (Å²) in [6, 6.07) is 12.1. The van der Waals surface area contributed by atoms with E-state index in [0.717, 1.165) is 42.0 Å². The van der Waals surface area contributed by atoms with Gasteiger partial charge < -0.3 is 20.3 Å². The third-order valence-electron chi connectivity index (χ3n) is 6.10. The van der Waals surface area contributed by atoms with Gasteiger partial charge in [0.2, 0.25) is 11.8 Å². The number of hydrogen-bond acceptors (Lipinski definition) is 8. The van der Waals surface area contributed by atoms with Gasteiger partial charge in [-0.1, -0.05) is 24.3 Å². The molecule has 0 aliphatic heterocycles. The zero-order chi connectivity index (χ0) is 26.6. The van der Waals surface area contributed by atoms with Gasteiger partial charge >= 0.3 is 5.97 Å². The molecule has 1 aromatic heterocycles. The third kappa shape index (κ3) is 7.19. The van der Waals surface area contributed by atoms with Crippen LogP contribution in [0.3, 0.4) is 0 Å². The Bertz CT molecular complexity index is 1380. The number of aromatic nitrogens is 2. The topological polar surface area (TPSA) is 154 Å². The number of halogens is 1. The van der Waals surface area contributed by atoms with Crippen molar-refractivity contribution in [2.45, 2.75) is 50.2 Å². The first-order chi connectivity index (χ1) is 17.6. The fourth-order valence-electron chi connectivity index (χ4n) is 3.90. The van der Waals surface area contributed by atoms with Crippen LogP contribution in [0.5, 0.6) is 5.88 Å². The van der Waals surface area contributed by atoms with Gasteiger partial charge in [-0.25, -0.2) is 22.9 Å². The lowest BCUT2D eigenvalue weighted by Gasteiger charge is -2.26. The lowest BCUT2D eigenvalue weighted by atomic mass is 9.96. The molecule has 1 saturated carbocycles. The van der Waals surface area contributed by atoms with E-state index in [1.165, 1.54) is 18.2 Å². The number of benzene rings is 2. The normalized spacial score (nSPS) is 14.2. The van der Waals surface area contributed by atoms with Crippen molar-refractivity contribution in [3.05, 3.63) is 65.2 Å². The Morgan fingerprint density at radius 2 is 1.79 bits per heavy atom. The van der Waals surface area contributed by atoms with Crippen LogP contribution >= 0.6 is 12.4 Å². The van der Waals surface area contributed by atoms with E-state index in [2.05, 4.69) is 14.7 Å². The van der Waals surface area contributed by atoms with Crippen molar-refractivity contribution >= 4 is 34.3 Å². The molecule has 1 heterocycles. The Balaban J connectivity index is 0.00000400. The van der Waals surface area contributed by atoms with Gasteiger partial charge in [-0.3, -0.25) is 0 Å². The maximum Gasteiger partial charge on any atom is 0.335 e. The van der Waals surface area contributed by atoms with E-state index in [1.807, 2.05) is 32.0 Å². The minimum Gasteiger partial charge on any atom is -0.478 e. The van der Waals surface area contributed by atoms with E-state index in [1.54, 1.807) is 6.07 Å². The molecule has 0 amide bonds. The van der Waals surface area contributed by atoms with Gasteiger partial charge in [0.1, 0.15) is 6.61 Å². The van der Waals surface area contributed by atoms with E-state index in [-0.39, 0.29) is 47.4 Å². The van der Waals surface area contributed by atoms with Gasteiger partial charge in [0.15, 0.2) is 0 Å². The van der Waals surface area contributed by atoms with Crippen LogP contribution in [0.15, 0.2) is 53.4 Å². The molecule has 3 aromatic rings. The molecule has 0 spiro atoms. The smallest absolute Gasteiger partial charge is 0.335 e. The molecule has 0 unspecified atom stereocenters. The predicted molar refractivity (Wildman–Crippen MR) is 145 cm³/mol. The highest BCUT2D eigenvalue weighted by Gasteiger charge is 2.21. The van der Waals surface area contributed by atoms with Crippen molar-refractivity contribution in [3.8, 4) is 17.1 Å². The average molecular weight is 563 g/mol. The monoisotopic (exact) mass is 562 g/mol. The summed E-state index contributed by atoms with van der Waals surface area (Å²) in [7, 11) is -4.19. The molecule has 4 rings (SSSR count). The van der Waals surface area contributed by atoms with E-state index >= 15 is 0 Å². The first-order valence-corrected chi connectivity index (χ1v) is 13.4. The molecule has 38 heavy (non-hydrogen) atoms. The zero-order valence-corrected chi connectivity index (χ0v) is 22.7. The molecule has 1 fully saturated rings. The number of aromatic carboxylic acids is 1. The van der Waals surface area contributed by atoms with E-state index in [0.29, 0.717) is 12.3 Å². The second-order valence-electron chi connectivity index (χ2n) is 9.08. The number of carboxylic acids is 1. The van der Waals surface area contributed by atoms with Gasteiger partial charge in [-0.15, -0.1) is 12.4 Å². The Kier molecular flexibility index (Phi) is 9.66. The van der Waals surface area contributed by atoms with Crippen LogP contribution in [0.4, 0.5) is 5.95 Å². The van der Waals surface area contributed by atoms with Crippen molar-refractivity contribution in [1.82, 2.24) is 9.97 Å². The average Bonchev–Trinajstić information content (AvgIpc) is 2.81. The van der Waals surface area contributed by atoms with Crippen LogP contribution in [-0.4, -0.2) is 54.8 Å². The molecule has 0 radical (unpaired) electrons. The van der Waals surface area contributed by atoms with Crippen LogP contribution in [0, 0.1) is 13.8 Å². The summed E-state index contributed by atoms with van der Waals surface area (Å²) in [6.45, 7) is 4.32. The molecule has 1 aliphatic carbocycles. The van der Waals surface area contributed by atoms with Gasteiger partial charge in [0, 0.05) is 11.6 Å². The van der Waals surface area contributed by atoms with E-state index in [4.69, 9.17) is 15.2 Å². The Hall–Kier alpha value is -3.25. The first kappa shape index (κ1) is 29.3. The van der Waals surface area contributed by atoms with Crippen molar-refractivity contribution in [3.63, 3.8) is 0 Å². The minimum atomic E-state index is -4.19. The van der Waals surface area contributed by atoms with Crippen molar-refractivity contribution in [1.29, 1.82) is 0 Å². The van der Waals surface area contributed by atoms with Gasteiger partial charge in [0.05, 0.1) is 34.9 Å². The van der Waals surface area contributed by atoms with Crippen molar-refractivity contribution < 1.29 is 27.8 Å². The highest BCUT2D eigenvalue weighted by Crippen LogP contribution is 2.29. The molecule has 2 aromatic carbocycles. The van der Waals surface area contributed by atoms with Crippen LogP contribution in [0.25, 0.3) is 11.3 Å². The lowest BCUT2D eigenvalue weighted by molar-refractivity contribution is -0.00892. The Morgan fingerprint density at radius 1 is 1.11 bits per heavy atom. The molecule has 1 aliphatic rings. The molecule has 1 atom stereocenters. The standard InChI is InChI=1S/C26H30N4O6S.ClH/c1-16-6-3-7-17(2)24(16)22-13-23(36-15-19(27)14-35-20-9-5-10-20)29-26(28-22)30-37(33,34)21-11-4-8-18(12-21)25(31)32;/h3-4,6-8,11-13,19-20H,5,9-10,14-15,27H2,1-2H3,(H,31,32)(H,28,29,30);1H/t19-;/m1./s1. The fraction of sp³-hybridized carbons (Fsp3) is 0.346. The van der Waals surface area contributed by atoms with Crippen LogP contribution in [0.1, 0.15) is 40.7 Å². The second kappa shape index (κ2) is 12.5. The second-order valence-corrected chi connectivity index (χ2v) is 10.8. The quantitative estimate of drug-likeness (QED) is 0.315. The number of sulfonamides is 1. The van der Waals surface area contributed by atoms with Gasteiger partial charge in [0.25, 0.3) is 10.0 Å². The number of aryl methyl sites for hydroxylation is 2. The third-order valence-corrected chi connectivity index (χ3v) is 7.43. The summed E-state index contributed by atoms with van der Waals surface area (Å²) in [5.41, 5.74) is 9.17. The minimum absolute atomic E-state index is 0. The van der Waals surface area contributed by atoms with E-state index in [9.17, 15) is 18.3 Å². The van der Waals surface area contributed by atoms with Gasteiger partial charge in [-0.2, -0.15) is 4.98 Å². The number of rotatable bonds is 11. The molecule has 12 heteroatoms. The van der Waals surface area contributed by atoms with E-state index < -0.39 is 22.0 Å². The van der Waals surface area contributed by atoms with Crippen molar-refractivity contribution in [2.75, 3.05) is 17.9 Å². The molecular formula is C26H31ClN4O6S. The van der Waals surface area contributed by atoms with Crippen LogP contribution in [0.2, 0.25) is 0 Å². The molecule has 0 saturated heterocycles. The first-order valence-electron chi connectivity index (χ1n) is 11.9. The summed E-state index contributed by atoms with van der Waals surface area (Å²) < 4.78 is 40.1. The lowest BCUT2D eigenvalue weighted by Crippen LogP contribution is -2.36. The number of hydrogen-bond donors (Lipinski definition) is 3. The number of carboxylic acid groups (broad SMARTS) is 1. The maximum atomic E-state index is 13.1. The SMILES string of the molecule is Cc1cccc(C)c1-c1cc(OC[C@H](N)COC2CCC2)nc(NS(=O)(=O)c2cccc(C(=O)O)c2)n1.Cl.